The van der Waals surface area contributed by atoms with E-state index in [2.05, 4.69) is 10.8 Å². The summed E-state index contributed by atoms with van der Waals surface area (Å²) in [6.07, 6.45) is 2.38. The van der Waals surface area contributed by atoms with E-state index in [0.29, 0.717) is 19.5 Å². The maximum Gasteiger partial charge on any atom is 0.310 e. The molecule has 0 radical (unpaired) electrons. The van der Waals surface area contributed by atoms with Crippen molar-refractivity contribution >= 4 is 11.9 Å². The topological polar surface area (TPSA) is 70.4 Å². The molecular formula is C11H16N2O3. The van der Waals surface area contributed by atoms with E-state index in [1.807, 2.05) is 0 Å². The van der Waals surface area contributed by atoms with E-state index in [0.717, 1.165) is 12.8 Å². The van der Waals surface area contributed by atoms with Crippen LogP contribution in [0.2, 0.25) is 0 Å². The summed E-state index contributed by atoms with van der Waals surface area (Å²) in [7, 11) is 1.34. The molecule has 16 heavy (non-hydrogen) atoms. The first-order valence-corrected chi connectivity index (χ1v) is 5.41. The normalized spacial score (nSPS) is 19.6. The Balaban J connectivity index is 2.32. The molecule has 1 rings (SSSR count). The van der Waals surface area contributed by atoms with Crippen LogP contribution >= 0.6 is 0 Å². The SMILES string of the molecule is COC(=O)C1CC(=O)N(CCCCC#N)C1. The number of amides is 1. The van der Waals surface area contributed by atoms with E-state index in [1.54, 1.807) is 4.90 Å². The molecule has 0 aromatic rings. The molecule has 0 saturated carbocycles. The fraction of sp³-hybridized carbons (Fsp3) is 0.727. The third-order valence-electron chi connectivity index (χ3n) is 2.72. The van der Waals surface area contributed by atoms with Gasteiger partial charge in [-0.15, -0.1) is 0 Å². The number of hydrogen-bond acceptors (Lipinski definition) is 4. The van der Waals surface area contributed by atoms with Gasteiger partial charge in [0.15, 0.2) is 0 Å². The lowest BCUT2D eigenvalue weighted by Crippen LogP contribution is -2.27. The third kappa shape index (κ3) is 3.23. The minimum atomic E-state index is -0.312. The molecule has 1 atom stereocenters. The van der Waals surface area contributed by atoms with Gasteiger partial charge in [-0.05, 0) is 12.8 Å². The minimum absolute atomic E-state index is 0.00681. The van der Waals surface area contributed by atoms with Crippen molar-refractivity contribution in [1.82, 2.24) is 4.90 Å². The molecule has 1 heterocycles. The van der Waals surface area contributed by atoms with Crippen molar-refractivity contribution in [3.05, 3.63) is 0 Å². The van der Waals surface area contributed by atoms with E-state index in [1.165, 1.54) is 7.11 Å². The molecule has 5 heteroatoms. The molecule has 0 spiro atoms. The fourth-order valence-electron chi connectivity index (χ4n) is 1.82. The molecule has 1 aliphatic rings. The van der Waals surface area contributed by atoms with Gasteiger partial charge in [0.05, 0.1) is 19.1 Å². The average molecular weight is 224 g/mol. The number of carbonyl (C=O) groups excluding carboxylic acids is 2. The van der Waals surface area contributed by atoms with Crippen molar-refractivity contribution in [2.75, 3.05) is 20.2 Å². The second-order valence-electron chi connectivity index (χ2n) is 3.88. The van der Waals surface area contributed by atoms with E-state index in [-0.39, 0.29) is 24.2 Å². The van der Waals surface area contributed by atoms with Crippen molar-refractivity contribution in [2.24, 2.45) is 5.92 Å². The second kappa shape index (κ2) is 6.11. The van der Waals surface area contributed by atoms with Gasteiger partial charge in [0.1, 0.15) is 0 Å². The number of esters is 1. The Hall–Kier alpha value is -1.57. The zero-order valence-corrected chi connectivity index (χ0v) is 9.44. The Labute approximate surface area is 95.0 Å². The number of likely N-dealkylation sites (tertiary alicyclic amines) is 1. The minimum Gasteiger partial charge on any atom is -0.469 e. The monoisotopic (exact) mass is 224 g/mol. The summed E-state index contributed by atoms with van der Waals surface area (Å²) < 4.78 is 4.61. The molecule has 0 aromatic heterocycles. The molecule has 0 aliphatic carbocycles. The van der Waals surface area contributed by atoms with Gasteiger partial charge >= 0.3 is 5.97 Å². The predicted octanol–water partition coefficient (Wildman–Crippen LogP) is 0.702. The third-order valence-corrected chi connectivity index (χ3v) is 2.72. The molecule has 0 bridgehead atoms. The van der Waals surface area contributed by atoms with Gasteiger partial charge in [0.2, 0.25) is 5.91 Å². The Bertz CT molecular complexity index is 309. The lowest BCUT2D eigenvalue weighted by atomic mass is 10.1. The lowest BCUT2D eigenvalue weighted by Gasteiger charge is -2.15. The molecule has 1 fully saturated rings. The number of hydrogen-bond donors (Lipinski definition) is 0. The van der Waals surface area contributed by atoms with Crippen molar-refractivity contribution in [3.63, 3.8) is 0 Å². The van der Waals surface area contributed by atoms with Crippen molar-refractivity contribution in [2.45, 2.75) is 25.7 Å². The average Bonchev–Trinajstić information content (AvgIpc) is 2.65. The first kappa shape index (κ1) is 12.5. The Morgan fingerprint density at radius 3 is 3.00 bits per heavy atom. The van der Waals surface area contributed by atoms with Crippen molar-refractivity contribution in [3.8, 4) is 6.07 Å². The van der Waals surface area contributed by atoms with Crippen LogP contribution in [-0.4, -0.2) is 37.0 Å². The quantitative estimate of drug-likeness (QED) is 0.509. The summed E-state index contributed by atoms with van der Waals surface area (Å²) in [4.78, 5) is 24.4. The number of ether oxygens (including phenoxy) is 1. The van der Waals surface area contributed by atoms with Crippen LogP contribution in [0.4, 0.5) is 0 Å². The molecule has 1 amide bonds. The lowest BCUT2D eigenvalue weighted by molar-refractivity contribution is -0.145. The zero-order valence-electron chi connectivity index (χ0n) is 9.44. The fourth-order valence-corrected chi connectivity index (χ4v) is 1.82. The molecule has 1 unspecified atom stereocenters. The highest BCUT2D eigenvalue weighted by Gasteiger charge is 2.34. The van der Waals surface area contributed by atoms with Crippen LogP contribution in [-0.2, 0) is 14.3 Å². The highest BCUT2D eigenvalue weighted by molar-refractivity contribution is 5.86. The Morgan fingerprint density at radius 2 is 2.38 bits per heavy atom. The van der Waals surface area contributed by atoms with Crippen LogP contribution in [0.15, 0.2) is 0 Å². The summed E-state index contributed by atoms with van der Waals surface area (Å²) in [6, 6.07) is 2.06. The summed E-state index contributed by atoms with van der Waals surface area (Å²) in [5, 5.41) is 8.37. The van der Waals surface area contributed by atoms with E-state index in [9.17, 15) is 9.59 Å². The predicted molar refractivity (Wildman–Crippen MR) is 56.2 cm³/mol. The van der Waals surface area contributed by atoms with Crippen LogP contribution in [0.25, 0.3) is 0 Å². The van der Waals surface area contributed by atoms with Gasteiger partial charge in [-0.25, -0.2) is 0 Å². The molecule has 5 nitrogen and oxygen atoms in total. The number of methoxy groups -OCH3 is 1. The number of unbranched alkanes of at least 4 members (excludes halogenated alkanes) is 2. The number of nitriles is 1. The molecule has 1 saturated heterocycles. The van der Waals surface area contributed by atoms with E-state index < -0.39 is 0 Å². The van der Waals surface area contributed by atoms with Crippen molar-refractivity contribution in [1.29, 1.82) is 5.26 Å². The molecule has 0 aromatic carbocycles. The highest BCUT2D eigenvalue weighted by Crippen LogP contribution is 2.19. The smallest absolute Gasteiger partial charge is 0.310 e. The number of carbonyl (C=O) groups is 2. The van der Waals surface area contributed by atoms with Crippen LogP contribution in [0.3, 0.4) is 0 Å². The van der Waals surface area contributed by atoms with Crippen molar-refractivity contribution < 1.29 is 14.3 Å². The number of nitrogens with zero attached hydrogens (tertiary/aromatic N) is 2. The zero-order chi connectivity index (χ0) is 12.0. The van der Waals surface area contributed by atoms with Crippen LogP contribution in [0.5, 0.6) is 0 Å². The van der Waals surface area contributed by atoms with Gasteiger partial charge in [-0.2, -0.15) is 5.26 Å². The van der Waals surface area contributed by atoms with Crippen LogP contribution < -0.4 is 0 Å². The molecule has 1 aliphatic heterocycles. The van der Waals surface area contributed by atoms with Gasteiger partial charge in [0.25, 0.3) is 0 Å². The standard InChI is InChI=1S/C11H16N2O3/c1-16-11(15)9-7-10(14)13(8-9)6-4-2-3-5-12/h9H,2-4,6-8H2,1H3. The highest BCUT2D eigenvalue weighted by atomic mass is 16.5. The maximum absolute atomic E-state index is 11.5. The summed E-state index contributed by atoms with van der Waals surface area (Å²) in [5.74, 6) is -0.617. The van der Waals surface area contributed by atoms with Gasteiger partial charge < -0.3 is 9.64 Å². The molecule has 0 N–H and O–H groups in total. The maximum atomic E-state index is 11.5. The van der Waals surface area contributed by atoms with Gasteiger partial charge in [-0.3, -0.25) is 9.59 Å². The van der Waals surface area contributed by atoms with Gasteiger partial charge in [-0.1, -0.05) is 0 Å². The first-order chi connectivity index (χ1) is 7.69. The summed E-state index contributed by atoms with van der Waals surface area (Å²) in [5.41, 5.74) is 0. The van der Waals surface area contributed by atoms with Crippen LogP contribution in [0.1, 0.15) is 25.7 Å². The Morgan fingerprint density at radius 1 is 1.62 bits per heavy atom. The second-order valence-corrected chi connectivity index (χ2v) is 3.88. The number of rotatable bonds is 5. The molecular weight excluding hydrogens is 208 g/mol. The van der Waals surface area contributed by atoms with Gasteiger partial charge in [0, 0.05) is 25.9 Å². The van der Waals surface area contributed by atoms with E-state index in [4.69, 9.17) is 5.26 Å². The first-order valence-electron chi connectivity index (χ1n) is 5.41. The largest absolute Gasteiger partial charge is 0.469 e. The Kier molecular flexibility index (Phi) is 4.77. The van der Waals surface area contributed by atoms with Crippen LogP contribution in [0, 0.1) is 17.2 Å². The summed E-state index contributed by atoms with van der Waals surface area (Å²) in [6.45, 7) is 1.09. The van der Waals surface area contributed by atoms with E-state index >= 15 is 0 Å². The summed E-state index contributed by atoms with van der Waals surface area (Å²) >= 11 is 0. The molecule has 88 valence electrons.